The van der Waals surface area contributed by atoms with Gasteiger partial charge in [-0.05, 0) is 61.3 Å². The first-order valence-electron chi connectivity index (χ1n) is 9.61. The molecule has 26 heavy (non-hydrogen) atoms. The Kier molecular flexibility index (Phi) is 4.79. The van der Waals surface area contributed by atoms with Crippen LogP contribution in [-0.2, 0) is 25.5 Å². The third-order valence-electron chi connectivity index (χ3n) is 6.33. The predicted octanol–water partition coefficient (Wildman–Crippen LogP) is 2.49. The van der Waals surface area contributed by atoms with Crippen molar-refractivity contribution in [3.63, 3.8) is 0 Å². The number of carbonyl (C=O) groups excluding carboxylic acids is 3. The Morgan fingerprint density at radius 3 is 2.12 bits per heavy atom. The largest absolute Gasteiger partial charge is 0.455 e. The highest BCUT2D eigenvalue weighted by atomic mass is 16.5. The monoisotopic (exact) mass is 355 g/mol. The minimum absolute atomic E-state index is 0.0457. The molecule has 4 aliphatic rings. The Morgan fingerprint density at radius 1 is 0.885 bits per heavy atom. The van der Waals surface area contributed by atoms with Crippen molar-refractivity contribution < 1.29 is 19.1 Å². The van der Waals surface area contributed by atoms with Crippen molar-refractivity contribution in [1.29, 1.82) is 0 Å². The standard InChI is InChI=1S/C21H25NO4/c23-18(11-13-4-2-1-3-5-13)22-19(24)12-26-21(25)20-16-7-14-6-15(9-16)10-17(20)8-14/h1-5,14-17,20H,6-12H2,(H,22,23,24). The van der Waals surface area contributed by atoms with E-state index in [0.29, 0.717) is 11.8 Å². The van der Waals surface area contributed by atoms with Crippen molar-refractivity contribution in [3.05, 3.63) is 35.9 Å². The molecule has 0 saturated heterocycles. The Morgan fingerprint density at radius 2 is 1.50 bits per heavy atom. The van der Waals surface area contributed by atoms with Gasteiger partial charge in [0.2, 0.25) is 5.91 Å². The molecule has 4 fully saturated rings. The third-order valence-corrected chi connectivity index (χ3v) is 6.33. The zero-order valence-corrected chi connectivity index (χ0v) is 14.9. The van der Waals surface area contributed by atoms with Gasteiger partial charge < -0.3 is 4.74 Å². The molecule has 0 heterocycles. The van der Waals surface area contributed by atoms with Gasteiger partial charge in [0, 0.05) is 0 Å². The lowest BCUT2D eigenvalue weighted by Gasteiger charge is -2.53. The lowest BCUT2D eigenvalue weighted by molar-refractivity contribution is -0.165. The first-order chi connectivity index (χ1) is 12.6. The summed E-state index contributed by atoms with van der Waals surface area (Å²) in [5.74, 6) is 1.22. The van der Waals surface area contributed by atoms with Crippen LogP contribution in [0.3, 0.4) is 0 Å². The second kappa shape index (κ2) is 7.22. The maximum absolute atomic E-state index is 12.5. The summed E-state index contributed by atoms with van der Waals surface area (Å²) in [6.45, 7) is -0.373. The topological polar surface area (TPSA) is 72.5 Å². The molecule has 138 valence electrons. The molecule has 4 bridgehead atoms. The normalized spacial score (nSPS) is 31.5. The van der Waals surface area contributed by atoms with Crippen LogP contribution >= 0.6 is 0 Å². The molecule has 5 heteroatoms. The second-order valence-corrected chi connectivity index (χ2v) is 8.20. The Hall–Kier alpha value is -2.17. The summed E-state index contributed by atoms with van der Waals surface area (Å²) in [6, 6.07) is 9.22. The summed E-state index contributed by atoms with van der Waals surface area (Å²) in [6.07, 6.45) is 6.00. The van der Waals surface area contributed by atoms with E-state index < -0.39 is 5.91 Å². The average molecular weight is 355 g/mol. The summed E-state index contributed by atoms with van der Waals surface area (Å²) in [7, 11) is 0. The van der Waals surface area contributed by atoms with Gasteiger partial charge in [0.15, 0.2) is 6.61 Å². The van der Waals surface area contributed by atoms with E-state index in [1.807, 2.05) is 30.3 Å². The number of hydrogen-bond donors (Lipinski definition) is 1. The van der Waals surface area contributed by atoms with Crippen LogP contribution in [0.2, 0.25) is 0 Å². The number of imide groups is 1. The zero-order chi connectivity index (χ0) is 18.1. The van der Waals surface area contributed by atoms with Crippen molar-refractivity contribution in [3.8, 4) is 0 Å². The molecule has 5 nitrogen and oxygen atoms in total. The van der Waals surface area contributed by atoms with Gasteiger partial charge in [-0.3, -0.25) is 19.7 Å². The molecule has 0 unspecified atom stereocenters. The Bertz CT molecular complexity index is 671. The summed E-state index contributed by atoms with van der Waals surface area (Å²) >= 11 is 0. The summed E-state index contributed by atoms with van der Waals surface area (Å²) in [5.41, 5.74) is 0.836. The van der Waals surface area contributed by atoms with Crippen LogP contribution in [0.5, 0.6) is 0 Å². The van der Waals surface area contributed by atoms with Crippen LogP contribution in [-0.4, -0.2) is 24.4 Å². The zero-order valence-electron chi connectivity index (χ0n) is 14.9. The molecule has 0 aliphatic heterocycles. The number of benzene rings is 1. The van der Waals surface area contributed by atoms with Crippen LogP contribution in [0.1, 0.15) is 37.7 Å². The molecule has 4 saturated carbocycles. The van der Waals surface area contributed by atoms with Crippen LogP contribution in [0, 0.1) is 29.6 Å². The van der Waals surface area contributed by atoms with E-state index in [-0.39, 0.29) is 30.8 Å². The summed E-state index contributed by atoms with van der Waals surface area (Å²) in [4.78, 5) is 36.4. The van der Waals surface area contributed by atoms with Gasteiger partial charge in [0.1, 0.15) is 0 Å². The Balaban J connectivity index is 1.24. The molecule has 2 amide bonds. The fraction of sp³-hybridized carbons (Fsp3) is 0.571. The van der Waals surface area contributed by atoms with E-state index in [1.165, 1.54) is 6.42 Å². The van der Waals surface area contributed by atoms with Crippen LogP contribution in [0.25, 0.3) is 0 Å². The second-order valence-electron chi connectivity index (χ2n) is 8.20. The highest BCUT2D eigenvalue weighted by Gasteiger charge is 2.51. The lowest BCUT2D eigenvalue weighted by Crippen LogP contribution is -2.49. The van der Waals surface area contributed by atoms with E-state index in [0.717, 1.165) is 43.1 Å². The van der Waals surface area contributed by atoms with Crippen molar-refractivity contribution in [2.45, 2.75) is 38.5 Å². The lowest BCUT2D eigenvalue weighted by atomic mass is 9.52. The van der Waals surface area contributed by atoms with Crippen molar-refractivity contribution in [2.75, 3.05) is 6.61 Å². The van der Waals surface area contributed by atoms with E-state index in [2.05, 4.69) is 5.32 Å². The molecule has 0 radical (unpaired) electrons. The number of carbonyl (C=O) groups is 3. The summed E-state index contributed by atoms with van der Waals surface area (Å²) in [5, 5.41) is 2.30. The maximum atomic E-state index is 12.5. The number of rotatable bonds is 5. The van der Waals surface area contributed by atoms with Gasteiger partial charge in [0.25, 0.3) is 5.91 Å². The van der Waals surface area contributed by atoms with Crippen LogP contribution in [0.15, 0.2) is 30.3 Å². The molecule has 1 N–H and O–H groups in total. The minimum atomic E-state index is -0.553. The van der Waals surface area contributed by atoms with Crippen LogP contribution in [0.4, 0.5) is 0 Å². The van der Waals surface area contributed by atoms with E-state index in [9.17, 15) is 14.4 Å². The van der Waals surface area contributed by atoms with E-state index >= 15 is 0 Å². The number of amides is 2. The maximum Gasteiger partial charge on any atom is 0.310 e. The number of esters is 1. The highest BCUT2D eigenvalue weighted by Crippen LogP contribution is 2.56. The van der Waals surface area contributed by atoms with Gasteiger partial charge in [-0.25, -0.2) is 0 Å². The molecule has 1 aromatic carbocycles. The molecule has 4 aliphatic carbocycles. The number of nitrogens with one attached hydrogen (secondary N) is 1. The van der Waals surface area contributed by atoms with E-state index in [4.69, 9.17) is 4.74 Å². The molecule has 1 aromatic rings. The minimum Gasteiger partial charge on any atom is -0.455 e. The fourth-order valence-electron chi connectivity index (χ4n) is 5.56. The third kappa shape index (κ3) is 3.67. The van der Waals surface area contributed by atoms with Crippen molar-refractivity contribution in [1.82, 2.24) is 5.32 Å². The summed E-state index contributed by atoms with van der Waals surface area (Å²) < 4.78 is 5.28. The molecular formula is C21H25NO4. The molecule has 0 aromatic heterocycles. The average Bonchev–Trinajstić information content (AvgIpc) is 2.60. The number of hydrogen-bond acceptors (Lipinski definition) is 4. The smallest absolute Gasteiger partial charge is 0.310 e. The number of ether oxygens (including phenoxy) is 1. The SMILES string of the molecule is O=C(COC(=O)C1C2CC3CC(C2)CC1C3)NC(=O)Cc1ccccc1. The molecular weight excluding hydrogens is 330 g/mol. The molecule has 5 rings (SSSR count). The molecule has 0 atom stereocenters. The quantitative estimate of drug-likeness (QED) is 0.824. The van der Waals surface area contributed by atoms with Gasteiger partial charge in [-0.15, -0.1) is 0 Å². The molecule has 0 spiro atoms. The predicted molar refractivity (Wildman–Crippen MR) is 94.8 cm³/mol. The first kappa shape index (κ1) is 17.3. The van der Waals surface area contributed by atoms with Gasteiger partial charge >= 0.3 is 5.97 Å². The fourth-order valence-corrected chi connectivity index (χ4v) is 5.56. The van der Waals surface area contributed by atoms with Crippen molar-refractivity contribution >= 4 is 17.8 Å². The Labute approximate surface area is 153 Å². The highest BCUT2D eigenvalue weighted by molar-refractivity contribution is 5.97. The van der Waals surface area contributed by atoms with E-state index in [1.54, 1.807) is 0 Å². The van der Waals surface area contributed by atoms with Crippen molar-refractivity contribution in [2.24, 2.45) is 29.6 Å². The first-order valence-corrected chi connectivity index (χ1v) is 9.61. The van der Waals surface area contributed by atoms with Gasteiger partial charge in [-0.1, -0.05) is 30.3 Å². The van der Waals surface area contributed by atoms with Crippen LogP contribution < -0.4 is 5.32 Å². The van der Waals surface area contributed by atoms with Gasteiger partial charge in [0.05, 0.1) is 12.3 Å². The van der Waals surface area contributed by atoms with Gasteiger partial charge in [-0.2, -0.15) is 0 Å².